The van der Waals surface area contributed by atoms with Crippen LogP contribution in [0.5, 0.6) is 5.75 Å². The molecule has 0 aromatic heterocycles. The van der Waals surface area contributed by atoms with E-state index in [-0.39, 0.29) is 5.38 Å². The first-order chi connectivity index (χ1) is 9.02. The van der Waals surface area contributed by atoms with Crippen LogP contribution in [0.25, 0.3) is 5.57 Å². The first-order valence-electron chi connectivity index (χ1n) is 7.14. The lowest BCUT2D eigenvalue weighted by molar-refractivity contribution is 0.303. The number of rotatable bonds is 3. The molecule has 1 unspecified atom stereocenters. The van der Waals surface area contributed by atoms with Crippen molar-refractivity contribution < 1.29 is 4.74 Å². The summed E-state index contributed by atoms with van der Waals surface area (Å²) in [7, 11) is 0. The number of ether oxygens (including phenoxy) is 1. The minimum absolute atomic E-state index is 0.154. The van der Waals surface area contributed by atoms with E-state index < -0.39 is 0 Å². The molecule has 3 rings (SSSR count). The van der Waals surface area contributed by atoms with Gasteiger partial charge in [0.15, 0.2) is 0 Å². The molecule has 0 radical (unpaired) electrons. The van der Waals surface area contributed by atoms with Gasteiger partial charge in [0.25, 0.3) is 0 Å². The number of allylic oxidation sites excluding steroid dienone is 2. The molecule has 19 heavy (non-hydrogen) atoms. The zero-order valence-corrected chi connectivity index (χ0v) is 12.4. The first-order valence-corrected chi connectivity index (χ1v) is 7.57. The van der Waals surface area contributed by atoms with Gasteiger partial charge >= 0.3 is 0 Å². The molecule has 0 aliphatic heterocycles. The van der Waals surface area contributed by atoms with Crippen LogP contribution in [-0.4, -0.2) is 11.5 Å². The highest BCUT2D eigenvalue weighted by atomic mass is 35.5. The summed E-state index contributed by atoms with van der Waals surface area (Å²) in [6.45, 7) is 4.58. The van der Waals surface area contributed by atoms with Gasteiger partial charge in [-0.15, -0.1) is 11.6 Å². The van der Waals surface area contributed by atoms with Crippen LogP contribution in [0.15, 0.2) is 30.3 Å². The Morgan fingerprint density at radius 3 is 2.42 bits per heavy atom. The monoisotopic (exact) mass is 276 g/mol. The Bertz CT molecular complexity index is 482. The van der Waals surface area contributed by atoms with Gasteiger partial charge in [0.05, 0.1) is 11.5 Å². The summed E-state index contributed by atoms with van der Waals surface area (Å²) in [6.07, 6.45) is 7.24. The predicted molar refractivity (Wildman–Crippen MR) is 80.7 cm³/mol. The van der Waals surface area contributed by atoms with Crippen LogP contribution in [-0.2, 0) is 0 Å². The number of halogens is 1. The van der Waals surface area contributed by atoms with Crippen molar-refractivity contribution >= 4 is 17.2 Å². The lowest BCUT2D eigenvalue weighted by Crippen LogP contribution is -2.21. The second-order valence-electron chi connectivity index (χ2n) is 6.59. The Morgan fingerprint density at radius 1 is 1.16 bits per heavy atom. The molecule has 102 valence electrons. The van der Waals surface area contributed by atoms with Crippen molar-refractivity contribution in [3.63, 3.8) is 0 Å². The highest BCUT2D eigenvalue weighted by Gasteiger charge is 2.28. The fourth-order valence-electron chi connectivity index (χ4n) is 2.78. The quantitative estimate of drug-likeness (QED) is 0.703. The number of hydrogen-bond acceptors (Lipinski definition) is 1. The molecule has 0 bridgehead atoms. The summed E-state index contributed by atoms with van der Waals surface area (Å²) in [5.74, 6) is 0.990. The Kier molecular flexibility index (Phi) is 3.34. The highest BCUT2D eigenvalue weighted by Crippen LogP contribution is 2.41. The average Bonchev–Trinajstić information content (AvgIpc) is 3.11. The van der Waals surface area contributed by atoms with E-state index in [0.29, 0.717) is 11.5 Å². The van der Waals surface area contributed by atoms with Gasteiger partial charge in [-0.05, 0) is 54.4 Å². The van der Waals surface area contributed by atoms with Crippen molar-refractivity contribution in [3.8, 4) is 5.75 Å². The molecule has 1 aromatic rings. The van der Waals surface area contributed by atoms with Crippen molar-refractivity contribution in [2.75, 3.05) is 0 Å². The standard InChI is InChI=1S/C17H21ClO/c1-17(2)10-13(9-14(18)11-17)12-3-5-15(6-4-12)19-16-7-8-16/h3-6,9,14,16H,7-8,10-11H2,1-2H3. The third-order valence-electron chi connectivity index (χ3n) is 3.85. The van der Waals surface area contributed by atoms with Gasteiger partial charge in [0.1, 0.15) is 5.75 Å². The van der Waals surface area contributed by atoms with Gasteiger partial charge in [-0.25, -0.2) is 0 Å². The molecule has 0 heterocycles. The molecule has 1 atom stereocenters. The van der Waals surface area contributed by atoms with Gasteiger partial charge in [-0.2, -0.15) is 0 Å². The van der Waals surface area contributed by atoms with E-state index in [1.807, 2.05) is 0 Å². The molecule has 1 aromatic carbocycles. The summed E-state index contributed by atoms with van der Waals surface area (Å²) in [5, 5.41) is 0.154. The van der Waals surface area contributed by atoms with E-state index in [2.05, 4.69) is 44.2 Å². The summed E-state index contributed by atoms with van der Waals surface area (Å²) >= 11 is 6.35. The average molecular weight is 277 g/mol. The van der Waals surface area contributed by atoms with Gasteiger partial charge in [0.2, 0.25) is 0 Å². The second kappa shape index (κ2) is 4.86. The van der Waals surface area contributed by atoms with Crippen LogP contribution >= 0.6 is 11.6 Å². The molecule has 0 spiro atoms. The summed E-state index contributed by atoms with van der Waals surface area (Å²) < 4.78 is 5.78. The maximum Gasteiger partial charge on any atom is 0.119 e. The molecular formula is C17H21ClO. The van der Waals surface area contributed by atoms with Crippen molar-refractivity contribution in [2.24, 2.45) is 5.41 Å². The van der Waals surface area contributed by atoms with Gasteiger partial charge in [-0.3, -0.25) is 0 Å². The van der Waals surface area contributed by atoms with Crippen LogP contribution in [0.3, 0.4) is 0 Å². The van der Waals surface area contributed by atoms with Gasteiger partial charge < -0.3 is 4.74 Å². The van der Waals surface area contributed by atoms with E-state index >= 15 is 0 Å². The molecule has 1 saturated carbocycles. The highest BCUT2D eigenvalue weighted by molar-refractivity contribution is 6.22. The normalized spacial score (nSPS) is 25.8. The van der Waals surface area contributed by atoms with Crippen molar-refractivity contribution in [3.05, 3.63) is 35.9 Å². The number of hydrogen-bond donors (Lipinski definition) is 0. The molecule has 1 fully saturated rings. The Morgan fingerprint density at radius 2 is 1.84 bits per heavy atom. The fraction of sp³-hybridized carbons (Fsp3) is 0.529. The Hall–Kier alpha value is -0.950. The second-order valence-corrected chi connectivity index (χ2v) is 7.16. The Balaban J connectivity index is 1.77. The fourth-order valence-corrected chi connectivity index (χ4v) is 3.35. The molecule has 1 nitrogen and oxygen atoms in total. The van der Waals surface area contributed by atoms with Crippen LogP contribution in [0.1, 0.15) is 45.1 Å². The maximum atomic E-state index is 6.35. The summed E-state index contributed by atoms with van der Waals surface area (Å²) in [4.78, 5) is 0. The van der Waals surface area contributed by atoms with Gasteiger partial charge in [0, 0.05) is 0 Å². The van der Waals surface area contributed by atoms with Crippen LogP contribution < -0.4 is 4.74 Å². The summed E-state index contributed by atoms with van der Waals surface area (Å²) in [5.41, 5.74) is 2.94. The van der Waals surface area contributed by atoms with Crippen LogP contribution in [0.4, 0.5) is 0 Å². The van der Waals surface area contributed by atoms with E-state index in [1.165, 1.54) is 24.0 Å². The van der Waals surface area contributed by atoms with Crippen molar-refractivity contribution in [1.82, 2.24) is 0 Å². The van der Waals surface area contributed by atoms with E-state index in [9.17, 15) is 0 Å². The topological polar surface area (TPSA) is 9.23 Å². The zero-order valence-electron chi connectivity index (χ0n) is 11.7. The minimum atomic E-state index is 0.154. The third-order valence-corrected chi connectivity index (χ3v) is 4.13. The smallest absolute Gasteiger partial charge is 0.119 e. The molecule has 2 aliphatic carbocycles. The van der Waals surface area contributed by atoms with E-state index in [1.54, 1.807) is 0 Å². The molecule has 2 heteroatoms. The van der Waals surface area contributed by atoms with E-state index in [0.717, 1.165) is 18.6 Å². The number of benzene rings is 1. The predicted octanol–water partition coefficient (Wildman–Crippen LogP) is 5.04. The molecule has 2 aliphatic rings. The SMILES string of the molecule is CC1(C)CC(c2ccc(OC3CC3)cc2)=CC(Cl)C1. The minimum Gasteiger partial charge on any atom is -0.490 e. The van der Waals surface area contributed by atoms with Crippen LogP contribution in [0, 0.1) is 5.41 Å². The zero-order chi connectivity index (χ0) is 13.5. The first kappa shape index (κ1) is 13.1. The Labute approximate surface area is 120 Å². The van der Waals surface area contributed by atoms with Crippen LogP contribution in [0.2, 0.25) is 0 Å². The third kappa shape index (κ3) is 3.33. The van der Waals surface area contributed by atoms with E-state index in [4.69, 9.17) is 16.3 Å². The largest absolute Gasteiger partial charge is 0.490 e. The lowest BCUT2D eigenvalue weighted by Gasteiger charge is -2.32. The maximum absolute atomic E-state index is 6.35. The summed E-state index contributed by atoms with van der Waals surface area (Å²) in [6, 6.07) is 8.49. The molecule has 0 amide bonds. The molecule has 0 N–H and O–H groups in total. The number of alkyl halides is 1. The van der Waals surface area contributed by atoms with Crippen molar-refractivity contribution in [1.29, 1.82) is 0 Å². The molecular weight excluding hydrogens is 256 g/mol. The molecule has 0 saturated heterocycles. The van der Waals surface area contributed by atoms with Gasteiger partial charge in [-0.1, -0.05) is 32.1 Å². The van der Waals surface area contributed by atoms with Crippen molar-refractivity contribution in [2.45, 2.75) is 51.0 Å². The lowest BCUT2D eigenvalue weighted by atomic mass is 9.75.